The minimum atomic E-state index is -0.487. The van der Waals surface area contributed by atoms with Gasteiger partial charge in [0.05, 0.1) is 17.5 Å². The van der Waals surface area contributed by atoms with Gasteiger partial charge in [-0.05, 0) is 23.8 Å². The SMILES string of the molecule is CC(=O)OCCn1c(=N)c(C(=O)NCc2ccccc2)cc2c(=O)n3ccccc3nc21. The standard InChI is InChI=1S/C23H21N5O4/c1-15(29)32-12-11-28-20(24)17(22(30)25-14-16-7-3-2-4-8-16)13-18-21(28)26-19-9-5-6-10-27(19)23(18)31/h2-10,13,24H,11-12,14H2,1H3,(H,25,30). The molecule has 9 heteroatoms. The van der Waals surface area contributed by atoms with Crippen LogP contribution in [0, 0.1) is 5.41 Å². The van der Waals surface area contributed by atoms with E-state index < -0.39 is 11.9 Å². The molecule has 0 radical (unpaired) electrons. The summed E-state index contributed by atoms with van der Waals surface area (Å²) in [6.45, 7) is 1.62. The average Bonchev–Trinajstić information content (AvgIpc) is 2.79. The summed E-state index contributed by atoms with van der Waals surface area (Å²) in [4.78, 5) is 41.8. The number of hydrogen-bond donors (Lipinski definition) is 2. The van der Waals surface area contributed by atoms with E-state index in [1.54, 1.807) is 24.4 Å². The van der Waals surface area contributed by atoms with Crippen molar-refractivity contribution < 1.29 is 14.3 Å². The first-order chi connectivity index (χ1) is 15.5. The maximum Gasteiger partial charge on any atom is 0.302 e. The van der Waals surface area contributed by atoms with E-state index in [2.05, 4.69) is 10.3 Å². The maximum absolute atomic E-state index is 13.1. The monoisotopic (exact) mass is 431 g/mol. The second-order valence-corrected chi connectivity index (χ2v) is 7.15. The Bertz CT molecular complexity index is 1440. The fraction of sp³-hybridized carbons (Fsp3) is 0.174. The summed E-state index contributed by atoms with van der Waals surface area (Å²) in [5.41, 5.74) is 1.12. The Morgan fingerprint density at radius 2 is 1.88 bits per heavy atom. The Balaban J connectivity index is 1.82. The van der Waals surface area contributed by atoms with Crippen LogP contribution < -0.4 is 16.4 Å². The molecule has 9 nitrogen and oxygen atoms in total. The first-order valence-electron chi connectivity index (χ1n) is 10.0. The molecular weight excluding hydrogens is 410 g/mol. The summed E-state index contributed by atoms with van der Waals surface area (Å²) in [5, 5.41) is 11.6. The Morgan fingerprint density at radius 1 is 1.12 bits per heavy atom. The topological polar surface area (TPSA) is 119 Å². The summed E-state index contributed by atoms with van der Waals surface area (Å²) < 4.78 is 7.82. The van der Waals surface area contributed by atoms with Crippen LogP contribution >= 0.6 is 0 Å². The molecule has 2 N–H and O–H groups in total. The molecule has 3 heterocycles. The molecule has 0 saturated carbocycles. The number of amides is 1. The van der Waals surface area contributed by atoms with Crippen LogP contribution in [-0.4, -0.2) is 32.4 Å². The van der Waals surface area contributed by atoms with Gasteiger partial charge >= 0.3 is 5.97 Å². The molecule has 0 unspecified atom stereocenters. The minimum Gasteiger partial charge on any atom is -0.464 e. The lowest BCUT2D eigenvalue weighted by Crippen LogP contribution is -2.35. The number of nitrogens with one attached hydrogen (secondary N) is 2. The molecule has 0 fully saturated rings. The average molecular weight is 431 g/mol. The van der Waals surface area contributed by atoms with Crippen molar-refractivity contribution in [3.05, 3.63) is 87.8 Å². The number of carbonyl (C=O) groups is 2. The van der Waals surface area contributed by atoms with E-state index in [9.17, 15) is 14.4 Å². The van der Waals surface area contributed by atoms with Crippen molar-refractivity contribution in [2.75, 3.05) is 6.61 Å². The van der Waals surface area contributed by atoms with Crippen LogP contribution in [0.5, 0.6) is 0 Å². The summed E-state index contributed by atoms with van der Waals surface area (Å²) in [5.74, 6) is -0.948. The molecule has 1 aromatic carbocycles. The van der Waals surface area contributed by atoms with E-state index in [1.807, 2.05) is 30.3 Å². The predicted molar refractivity (Wildman–Crippen MR) is 117 cm³/mol. The van der Waals surface area contributed by atoms with Gasteiger partial charge in [0.15, 0.2) is 0 Å². The zero-order valence-corrected chi connectivity index (χ0v) is 17.4. The van der Waals surface area contributed by atoms with E-state index in [0.29, 0.717) is 5.65 Å². The Morgan fingerprint density at radius 3 is 2.62 bits per heavy atom. The molecule has 0 bridgehead atoms. The van der Waals surface area contributed by atoms with Crippen LogP contribution in [-0.2, 0) is 22.6 Å². The van der Waals surface area contributed by atoms with Gasteiger partial charge in [-0.1, -0.05) is 36.4 Å². The van der Waals surface area contributed by atoms with Gasteiger partial charge in [0.2, 0.25) is 0 Å². The number of fused-ring (bicyclic) bond motifs is 2. The van der Waals surface area contributed by atoms with Gasteiger partial charge in [0, 0.05) is 19.7 Å². The molecule has 0 aliphatic rings. The quantitative estimate of drug-likeness (QED) is 0.355. The molecule has 32 heavy (non-hydrogen) atoms. The zero-order chi connectivity index (χ0) is 22.7. The fourth-order valence-electron chi connectivity index (χ4n) is 3.43. The lowest BCUT2D eigenvalue weighted by atomic mass is 10.1. The van der Waals surface area contributed by atoms with Gasteiger partial charge in [0.1, 0.15) is 23.4 Å². The van der Waals surface area contributed by atoms with E-state index in [1.165, 1.54) is 22.0 Å². The largest absolute Gasteiger partial charge is 0.464 e. The maximum atomic E-state index is 13.1. The lowest BCUT2D eigenvalue weighted by Gasteiger charge is -2.14. The number of rotatable bonds is 6. The normalized spacial score (nSPS) is 10.9. The second-order valence-electron chi connectivity index (χ2n) is 7.15. The number of pyridine rings is 2. The van der Waals surface area contributed by atoms with Crippen LogP contribution in [0.2, 0.25) is 0 Å². The van der Waals surface area contributed by atoms with Gasteiger partial charge in [-0.25, -0.2) is 4.98 Å². The number of hydrogen-bond acceptors (Lipinski definition) is 6. The van der Waals surface area contributed by atoms with Gasteiger partial charge in [0.25, 0.3) is 11.5 Å². The minimum absolute atomic E-state index is 0.0219. The van der Waals surface area contributed by atoms with Crippen molar-refractivity contribution >= 4 is 28.6 Å². The van der Waals surface area contributed by atoms with Crippen molar-refractivity contribution in [1.29, 1.82) is 5.41 Å². The Labute approximate surface area is 182 Å². The lowest BCUT2D eigenvalue weighted by molar-refractivity contribution is -0.141. The number of nitrogens with zero attached hydrogens (tertiary/aromatic N) is 3. The van der Waals surface area contributed by atoms with Crippen LogP contribution in [0.1, 0.15) is 22.8 Å². The van der Waals surface area contributed by atoms with Crippen LogP contribution in [0.3, 0.4) is 0 Å². The Hall–Kier alpha value is -4.27. The third-order valence-electron chi connectivity index (χ3n) is 4.98. The number of aromatic nitrogens is 3. The number of carbonyl (C=O) groups excluding carboxylic acids is 2. The van der Waals surface area contributed by atoms with E-state index in [0.717, 1.165) is 5.56 Å². The molecular formula is C23H21N5O4. The number of ether oxygens (including phenoxy) is 1. The van der Waals surface area contributed by atoms with Gasteiger partial charge < -0.3 is 14.6 Å². The highest BCUT2D eigenvalue weighted by Crippen LogP contribution is 2.11. The van der Waals surface area contributed by atoms with Crippen molar-refractivity contribution in [1.82, 2.24) is 19.3 Å². The van der Waals surface area contributed by atoms with Crippen LogP contribution in [0.4, 0.5) is 0 Å². The summed E-state index contributed by atoms with van der Waals surface area (Å²) in [7, 11) is 0. The third kappa shape index (κ3) is 4.13. The third-order valence-corrected chi connectivity index (χ3v) is 4.98. The summed E-state index contributed by atoms with van der Waals surface area (Å²) >= 11 is 0. The van der Waals surface area contributed by atoms with Crippen molar-refractivity contribution in [2.24, 2.45) is 0 Å². The van der Waals surface area contributed by atoms with Gasteiger partial charge in [-0.3, -0.25) is 24.2 Å². The predicted octanol–water partition coefficient (Wildman–Crippen LogP) is 1.62. The highest BCUT2D eigenvalue weighted by molar-refractivity contribution is 5.96. The molecule has 1 amide bonds. The molecule has 4 rings (SSSR count). The molecule has 0 atom stereocenters. The summed E-state index contributed by atoms with van der Waals surface area (Å²) in [6.07, 6.45) is 1.59. The van der Waals surface area contributed by atoms with E-state index in [-0.39, 0.29) is 47.3 Å². The fourth-order valence-corrected chi connectivity index (χ4v) is 3.43. The van der Waals surface area contributed by atoms with E-state index >= 15 is 0 Å². The van der Waals surface area contributed by atoms with Crippen molar-refractivity contribution in [2.45, 2.75) is 20.0 Å². The molecule has 4 aromatic rings. The molecule has 0 saturated heterocycles. The van der Waals surface area contributed by atoms with Gasteiger partial charge in [-0.2, -0.15) is 0 Å². The second kappa shape index (κ2) is 8.84. The number of esters is 1. The highest BCUT2D eigenvalue weighted by atomic mass is 16.5. The van der Waals surface area contributed by atoms with Crippen LogP contribution in [0.25, 0.3) is 16.7 Å². The number of benzene rings is 1. The molecule has 3 aromatic heterocycles. The molecule has 0 aliphatic heterocycles. The molecule has 0 aliphatic carbocycles. The Kier molecular flexibility index (Phi) is 5.80. The molecule has 162 valence electrons. The van der Waals surface area contributed by atoms with Crippen molar-refractivity contribution in [3.8, 4) is 0 Å². The van der Waals surface area contributed by atoms with Gasteiger partial charge in [-0.15, -0.1) is 0 Å². The first kappa shape index (κ1) is 21.0. The van der Waals surface area contributed by atoms with Crippen molar-refractivity contribution in [3.63, 3.8) is 0 Å². The first-order valence-corrected chi connectivity index (χ1v) is 10.0. The molecule has 0 spiro atoms. The highest BCUT2D eigenvalue weighted by Gasteiger charge is 2.17. The van der Waals surface area contributed by atoms with E-state index in [4.69, 9.17) is 10.1 Å². The smallest absolute Gasteiger partial charge is 0.302 e. The summed E-state index contributed by atoms with van der Waals surface area (Å²) in [6, 6.07) is 15.9. The zero-order valence-electron chi connectivity index (χ0n) is 17.4. The van der Waals surface area contributed by atoms with Crippen LogP contribution in [0.15, 0.2) is 65.6 Å².